The summed E-state index contributed by atoms with van der Waals surface area (Å²) in [6, 6.07) is 1.84. The zero-order chi connectivity index (χ0) is 17.6. The molecule has 0 spiro atoms. The van der Waals surface area contributed by atoms with E-state index in [1.807, 2.05) is 6.07 Å². The predicted molar refractivity (Wildman–Crippen MR) is 91.2 cm³/mol. The van der Waals surface area contributed by atoms with Gasteiger partial charge in [-0.05, 0) is 52.2 Å². The van der Waals surface area contributed by atoms with E-state index < -0.39 is 5.91 Å². The first kappa shape index (κ1) is 16.8. The number of benzene rings is 1. The Morgan fingerprint density at radius 2 is 2.12 bits per heavy atom. The van der Waals surface area contributed by atoms with E-state index in [1.165, 1.54) is 12.7 Å². The molecule has 130 valence electrons. The number of aromatic hydroxyl groups is 1. The molecule has 5 nitrogen and oxygen atoms in total. The molecule has 2 unspecified atom stereocenters. The maximum atomic E-state index is 12.3. The highest BCUT2D eigenvalue weighted by Crippen LogP contribution is 2.54. The van der Waals surface area contributed by atoms with Crippen LogP contribution < -0.4 is 10.2 Å². The average Bonchev–Trinajstić information content (AvgIpc) is 2.45. The van der Waals surface area contributed by atoms with Crippen molar-refractivity contribution in [2.45, 2.75) is 52.1 Å². The van der Waals surface area contributed by atoms with Crippen LogP contribution in [0.1, 0.15) is 61.0 Å². The van der Waals surface area contributed by atoms with E-state index in [1.54, 1.807) is 6.92 Å². The van der Waals surface area contributed by atoms with Gasteiger partial charge in [-0.1, -0.05) is 11.6 Å². The summed E-state index contributed by atoms with van der Waals surface area (Å²) in [5.41, 5.74) is 4.90. The standard InChI is InChI=1S/C19H25NO4/c1-10-6-7-13-12(8-10)16-14(24-19(13,3)4)9-11(2)15(17(16)21)18(22)20-23-5/h8-9,12-13,21H,6-7H2,1-5H3,(H,20,22). The van der Waals surface area contributed by atoms with Gasteiger partial charge in [0, 0.05) is 17.4 Å². The molecule has 0 radical (unpaired) electrons. The molecular weight excluding hydrogens is 306 g/mol. The van der Waals surface area contributed by atoms with Gasteiger partial charge in [0.2, 0.25) is 0 Å². The molecule has 0 saturated heterocycles. The van der Waals surface area contributed by atoms with Crippen LogP contribution in [0.25, 0.3) is 0 Å². The lowest BCUT2D eigenvalue weighted by atomic mass is 9.67. The van der Waals surface area contributed by atoms with E-state index in [4.69, 9.17) is 9.57 Å². The fraction of sp³-hybridized carbons (Fsp3) is 0.526. The fourth-order valence-electron chi connectivity index (χ4n) is 4.11. The predicted octanol–water partition coefficient (Wildman–Crippen LogP) is 3.60. The third-order valence-corrected chi connectivity index (χ3v) is 5.27. The van der Waals surface area contributed by atoms with Gasteiger partial charge in [0.15, 0.2) is 0 Å². The molecule has 1 heterocycles. The number of carbonyl (C=O) groups excluding carboxylic acids is 1. The summed E-state index contributed by atoms with van der Waals surface area (Å²) in [7, 11) is 1.37. The second kappa shape index (κ2) is 5.81. The van der Waals surface area contributed by atoms with Gasteiger partial charge < -0.3 is 9.84 Å². The number of phenols is 1. The number of carbonyl (C=O) groups is 1. The molecule has 1 aromatic rings. The first-order chi connectivity index (χ1) is 11.3. The molecule has 0 fully saturated rings. The van der Waals surface area contributed by atoms with Crippen LogP contribution >= 0.6 is 0 Å². The van der Waals surface area contributed by atoms with Gasteiger partial charge in [0.1, 0.15) is 17.1 Å². The number of amides is 1. The Bertz CT molecular complexity index is 721. The lowest BCUT2D eigenvalue weighted by Crippen LogP contribution is -2.45. The summed E-state index contributed by atoms with van der Waals surface area (Å²) >= 11 is 0. The Labute approximate surface area is 142 Å². The van der Waals surface area contributed by atoms with Crippen molar-refractivity contribution >= 4 is 5.91 Å². The molecule has 0 saturated carbocycles. The van der Waals surface area contributed by atoms with E-state index in [0.29, 0.717) is 16.9 Å². The third-order valence-electron chi connectivity index (χ3n) is 5.27. The fourth-order valence-corrected chi connectivity index (χ4v) is 4.11. The molecule has 1 amide bonds. The van der Waals surface area contributed by atoms with Gasteiger partial charge in [0.25, 0.3) is 5.91 Å². The minimum Gasteiger partial charge on any atom is -0.507 e. The van der Waals surface area contributed by atoms with Crippen LogP contribution in [-0.4, -0.2) is 23.7 Å². The summed E-state index contributed by atoms with van der Waals surface area (Å²) in [6.07, 6.45) is 4.25. The van der Waals surface area contributed by atoms with Crippen molar-refractivity contribution in [2.75, 3.05) is 7.11 Å². The molecule has 2 aliphatic rings. The Balaban J connectivity index is 2.21. The Kier molecular flexibility index (Phi) is 4.08. The van der Waals surface area contributed by atoms with Gasteiger partial charge >= 0.3 is 0 Å². The summed E-state index contributed by atoms with van der Waals surface area (Å²) in [5.74, 6) is 0.521. The summed E-state index contributed by atoms with van der Waals surface area (Å²) < 4.78 is 6.23. The molecule has 1 aromatic carbocycles. The Hall–Kier alpha value is -2.01. The van der Waals surface area contributed by atoms with Crippen LogP contribution in [0.5, 0.6) is 11.5 Å². The van der Waals surface area contributed by atoms with E-state index in [0.717, 1.165) is 12.8 Å². The molecule has 5 heteroatoms. The van der Waals surface area contributed by atoms with E-state index in [-0.39, 0.29) is 28.7 Å². The molecule has 0 bridgehead atoms. The summed E-state index contributed by atoms with van der Waals surface area (Å²) in [5, 5.41) is 10.9. The van der Waals surface area contributed by atoms with Gasteiger partial charge in [-0.3, -0.25) is 9.63 Å². The summed E-state index contributed by atoms with van der Waals surface area (Å²) in [6.45, 7) is 8.09. The van der Waals surface area contributed by atoms with Gasteiger partial charge in [-0.25, -0.2) is 5.48 Å². The smallest absolute Gasteiger partial charge is 0.278 e. The third kappa shape index (κ3) is 2.57. The highest BCUT2D eigenvalue weighted by Gasteiger charge is 2.46. The Morgan fingerprint density at radius 1 is 1.42 bits per heavy atom. The van der Waals surface area contributed by atoms with Crippen molar-refractivity contribution in [1.82, 2.24) is 5.48 Å². The minimum atomic E-state index is -0.451. The summed E-state index contributed by atoms with van der Waals surface area (Å²) in [4.78, 5) is 17.0. The number of allylic oxidation sites excluding steroid dienone is 2. The van der Waals surface area contributed by atoms with Crippen LogP contribution in [0, 0.1) is 12.8 Å². The largest absolute Gasteiger partial charge is 0.507 e. The van der Waals surface area contributed by atoms with Gasteiger partial charge in [0.05, 0.1) is 12.7 Å². The normalized spacial score (nSPS) is 24.3. The lowest BCUT2D eigenvalue weighted by molar-refractivity contribution is 0.0106. The van der Waals surface area contributed by atoms with Crippen LogP contribution in [0.3, 0.4) is 0 Å². The second-order valence-corrected chi connectivity index (χ2v) is 7.35. The number of aryl methyl sites for hydroxylation is 1. The molecule has 0 aromatic heterocycles. The van der Waals surface area contributed by atoms with Crippen molar-refractivity contribution < 1.29 is 19.5 Å². The number of rotatable bonds is 2. The zero-order valence-electron chi connectivity index (χ0n) is 14.9. The number of hydrogen-bond acceptors (Lipinski definition) is 4. The van der Waals surface area contributed by atoms with E-state index in [9.17, 15) is 9.90 Å². The molecule has 3 rings (SSSR count). The SMILES string of the molecule is CONC(=O)c1c(C)cc2c(c1O)C1C=C(C)CCC1C(C)(C)O2. The quantitative estimate of drug-likeness (QED) is 0.642. The van der Waals surface area contributed by atoms with Crippen LogP contribution in [0.15, 0.2) is 17.7 Å². The number of nitrogens with one attached hydrogen (secondary N) is 1. The number of phenolic OH excluding ortho intramolecular Hbond substituents is 1. The van der Waals surface area contributed by atoms with Crippen molar-refractivity contribution in [2.24, 2.45) is 5.92 Å². The second-order valence-electron chi connectivity index (χ2n) is 7.35. The van der Waals surface area contributed by atoms with E-state index >= 15 is 0 Å². The van der Waals surface area contributed by atoms with Crippen LogP contribution in [0.4, 0.5) is 0 Å². The molecule has 1 aliphatic carbocycles. The van der Waals surface area contributed by atoms with Crippen molar-refractivity contribution in [3.05, 3.63) is 34.4 Å². The molecule has 24 heavy (non-hydrogen) atoms. The number of hydrogen-bond donors (Lipinski definition) is 2. The van der Waals surface area contributed by atoms with Gasteiger partial charge in [-0.2, -0.15) is 0 Å². The van der Waals surface area contributed by atoms with Crippen molar-refractivity contribution in [3.63, 3.8) is 0 Å². The maximum Gasteiger partial charge on any atom is 0.278 e. The number of hydroxylamine groups is 1. The van der Waals surface area contributed by atoms with Crippen LogP contribution in [-0.2, 0) is 4.84 Å². The highest BCUT2D eigenvalue weighted by atomic mass is 16.6. The maximum absolute atomic E-state index is 12.3. The minimum absolute atomic E-state index is 0.00370. The molecule has 1 aliphatic heterocycles. The topological polar surface area (TPSA) is 67.8 Å². The number of ether oxygens (including phenoxy) is 1. The number of fused-ring (bicyclic) bond motifs is 3. The highest BCUT2D eigenvalue weighted by molar-refractivity contribution is 5.98. The van der Waals surface area contributed by atoms with Crippen molar-refractivity contribution in [1.29, 1.82) is 0 Å². The average molecular weight is 331 g/mol. The molecule has 2 N–H and O–H groups in total. The lowest BCUT2D eigenvalue weighted by Gasteiger charge is -2.46. The molecular formula is C19H25NO4. The monoisotopic (exact) mass is 331 g/mol. The van der Waals surface area contributed by atoms with Crippen molar-refractivity contribution in [3.8, 4) is 11.5 Å². The molecule has 2 atom stereocenters. The van der Waals surface area contributed by atoms with E-state index in [2.05, 4.69) is 32.3 Å². The first-order valence-electron chi connectivity index (χ1n) is 8.32. The Morgan fingerprint density at radius 3 is 2.79 bits per heavy atom. The van der Waals surface area contributed by atoms with Crippen LogP contribution in [0.2, 0.25) is 0 Å². The zero-order valence-corrected chi connectivity index (χ0v) is 14.9. The first-order valence-corrected chi connectivity index (χ1v) is 8.32. The van der Waals surface area contributed by atoms with Gasteiger partial charge in [-0.15, -0.1) is 0 Å².